The second-order valence-corrected chi connectivity index (χ2v) is 13.4. The second-order valence-electron chi connectivity index (χ2n) is 9.80. The van der Waals surface area contributed by atoms with Crippen LogP contribution in [0.4, 0.5) is 25.1 Å². The smallest absolute Gasteiger partial charge is 0.321 e. The normalized spacial score (nSPS) is 17.1. The molecule has 1 aliphatic rings. The average Bonchev–Trinajstić information content (AvgIpc) is 3.05. The molecule has 1 saturated heterocycles. The molecule has 0 spiro atoms. The standard InChI is InChI=1S/C25H25ClF2N5O3P/c1-25(2)13-33(23(34)22(25)32-24(35)31-19-12-29-18(26)11-30-19)16-10-9-15(20(27)21(16)28)14-7-5-6-8-17(14)37(3,4)36/h5-12,22H,13H2,1-4H3,(H2,30,31,32,35)/t22-/m0/s1. The predicted molar refractivity (Wildman–Crippen MR) is 140 cm³/mol. The van der Waals surface area contributed by atoms with Crippen LogP contribution in [0.3, 0.4) is 0 Å². The number of amides is 3. The highest BCUT2D eigenvalue weighted by Gasteiger charge is 2.48. The Balaban J connectivity index is 1.61. The van der Waals surface area contributed by atoms with Crippen molar-refractivity contribution < 1.29 is 22.9 Å². The summed E-state index contributed by atoms with van der Waals surface area (Å²) in [5.41, 5.74) is -0.787. The number of aromatic nitrogens is 2. The van der Waals surface area contributed by atoms with E-state index in [2.05, 4.69) is 20.6 Å². The van der Waals surface area contributed by atoms with Gasteiger partial charge in [0.1, 0.15) is 18.3 Å². The van der Waals surface area contributed by atoms with Gasteiger partial charge in [0.05, 0.1) is 18.1 Å². The molecule has 3 aromatic rings. The Morgan fingerprint density at radius 2 is 1.78 bits per heavy atom. The van der Waals surface area contributed by atoms with Crippen LogP contribution in [-0.4, -0.2) is 47.8 Å². The topological polar surface area (TPSA) is 104 Å². The molecule has 1 aliphatic heterocycles. The number of carbonyl (C=O) groups is 2. The summed E-state index contributed by atoms with van der Waals surface area (Å²) >= 11 is 5.69. The number of hydrogen-bond donors (Lipinski definition) is 2. The lowest BCUT2D eigenvalue weighted by Crippen LogP contribution is -2.48. The van der Waals surface area contributed by atoms with Crippen molar-refractivity contribution in [3.8, 4) is 11.1 Å². The van der Waals surface area contributed by atoms with Crippen LogP contribution in [0.2, 0.25) is 5.15 Å². The number of urea groups is 1. The van der Waals surface area contributed by atoms with Gasteiger partial charge in [-0.3, -0.25) is 10.1 Å². The highest BCUT2D eigenvalue weighted by atomic mass is 35.5. The van der Waals surface area contributed by atoms with Gasteiger partial charge in [0.2, 0.25) is 5.91 Å². The fourth-order valence-corrected chi connectivity index (χ4v) is 5.63. The Kier molecular flexibility index (Phi) is 7.10. The molecular weight excluding hydrogens is 523 g/mol. The summed E-state index contributed by atoms with van der Waals surface area (Å²) < 4.78 is 43.5. The van der Waals surface area contributed by atoms with E-state index in [9.17, 15) is 14.2 Å². The van der Waals surface area contributed by atoms with Crippen molar-refractivity contribution >= 4 is 47.5 Å². The Bertz CT molecular complexity index is 1430. The van der Waals surface area contributed by atoms with Gasteiger partial charge in [0, 0.05) is 22.8 Å². The minimum absolute atomic E-state index is 0.0307. The number of carbonyl (C=O) groups excluding carboxylic acids is 2. The maximum Gasteiger partial charge on any atom is 0.321 e. The van der Waals surface area contributed by atoms with E-state index in [0.29, 0.717) is 10.9 Å². The largest absolute Gasteiger partial charge is 0.325 e. The summed E-state index contributed by atoms with van der Waals surface area (Å²) in [5.74, 6) is -2.84. The van der Waals surface area contributed by atoms with E-state index in [-0.39, 0.29) is 28.8 Å². The first kappa shape index (κ1) is 26.7. The summed E-state index contributed by atoms with van der Waals surface area (Å²) in [6.45, 7) is 6.61. The molecule has 8 nitrogen and oxygen atoms in total. The van der Waals surface area contributed by atoms with Crippen LogP contribution < -0.4 is 20.8 Å². The van der Waals surface area contributed by atoms with Crippen molar-refractivity contribution in [2.45, 2.75) is 19.9 Å². The fourth-order valence-electron chi connectivity index (χ4n) is 4.31. The molecule has 0 aliphatic carbocycles. The molecule has 2 heterocycles. The minimum atomic E-state index is -2.78. The number of rotatable bonds is 5. The third-order valence-corrected chi connectivity index (χ3v) is 7.87. The fraction of sp³-hybridized carbons (Fsp3) is 0.280. The van der Waals surface area contributed by atoms with E-state index in [4.69, 9.17) is 11.6 Å². The van der Waals surface area contributed by atoms with Gasteiger partial charge >= 0.3 is 6.03 Å². The van der Waals surface area contributed by atoms with Crippen LogP contribution in [0.25, 0.3) is 11.1 Å². The van der Waals surface area contributed by atoms with Crippen LogP contribution in [-0.2, 0) is 9.36 Å². The zero-order valence-electron chi connectivity index (χ0n) is 20.6. The molecule has 2 aromatic carbocycles. The Morgan fingerprint density at radius 1 is 1.08 bits per heavy atom. The number of anilines is 2. The lowest BCUT2D eigenvalue weighted by atomic mass is 9.87. The van der Waals surface area contributed by atoms with Crippen molar-refractivity contribution in [3.05, 3.63) is 65.6 Å². The first-order valence-electron chi connectivity index (χ1n) is 11.3. The van der Waals surface area contributed by atoms with E-state index in [1.54, 1.807) is 51.4 Å². The molecule has 37 heavy (non-hydrogen) atoms. The van der Waals surface area contributed by atoms with E-state index in [0.717, 1.165) is 4.90 Å². The number of benzene rings is 2. The molecule has 0 unspecified atom stereocenters. The summed E-state index contributed by atoms with van der Waals surface area (Å²) in [7, 11) is -2.78. The number of hydrogen-bond acceptors (Lipinski definition) is 5. The van der Waals surface area contributed by atoms with Gasteiger partial charge in [-0.25, -0.2) is 23.5 Å². The highest BCUT2D eigenvalue weighted by molar-refractivity contribution is 7.70. The zero-order chi connectivity index (χ0) is 27.1. The molecule has 0 radical (unpaired) electrons. The Hall–Kier alpha value is -3.36. The third kappa shape index (κ3) is 5.36. The minimum Gasteiger partial charge on any atom is -0.325 e. The van der Waals surface area contributed by atoms with Crippen molar-refractivity contribution in [1.82, 2.24) is 15.3 Å². The average molecular weight is 548 g/mol. The summed E-state index contributed by atoms with van der Waals surface area (Å²) in [6.07, 6.45) is 2.51. The molecule has 1 atom stereocenters. The molecule has 2 N–H and O–H groups in total. The van der Waals surface area contributed by atoms with Crippen molar-refractivity contribution in [1.29, 1.82) is 0 Å². The molecule has 0 bridgehead atoms. The van der Waals surface area contributed by atoms with Gasteiger partial charge in [-0.05, 0) is 31.0 Å². The molecule has 4 rings (SSSR count). The van der Waals surface area contributed by atoms with E-state index in [1.807, 2.05) is 0 Å². The molecular formula is C25H25ClF2N5O3P. The van der Waals surface area contributed by atoms with Crippen LogP contribution in [0, 0.1) is 17.0 Å². The van der Waals surface area contributed by atoms with Gasteiger partial charge in [-0.1, -0.05) is 49.7 Å². The summed E-state index contributed by atoms with van der Waals surface area (Å²) in [5, 5.41) is 5.63. The maximum atomic E-state index is 15.4. The monoisotopic (exact) mass is 547 g/mol. The summed E-state index contributed by atoms with van der Waals surface area (Å²) in [4.78, 5) is 34.6. The molecule has 0 saturated carbocycles. The lowest BCUT2D eigenvalue weighted by Gasteiger charge is -2.24. The Labute approximate surface area is 217 Å². The second kappa shape index (κ2) is 9.84. The lowest BCUT2D eigenvalue weighted by molar-refractivity contribution is -0.119. The van der Waals surface area contributed by atoms with Crippen LogP contribution in [0.1, 0.15) is 13.8 Å². The third-order valence-electron chi connectivity index (χ3n) is 6.12. The van der Waals surface area contributed by atoms with Gasteiger partial charge in [-0.2, -0.15) is 0 Å². The molecule has 12 heteroatoms. The van der Waals surface area contributed by atoms with Gasteiger partial charge in [0.25, 0.3) is 0 Å². The molecule has 1 fully saturated rings. The van der Waals surface area contributed by atoms with Gasteiger partial charge < -0.3 is 14.8 Å². The SMILES string of the molecule is CC1(C)CN(c2ccc(-c3ccccc3P(C)(C)=O)c(F)c2F)C(=O)[C@@H]1NC(=O)Nc1cnc(Cl)cn1. The first-order valence-corrected chi connectivity index (χ1v) is 14.3. The van der Waals surface area contributed by atoms with Crippen LogP contribution in [0.5, 0.6) is 0 Å². The predicted octanol–water partition coefficient (Wildman–Crippen LogP) is 4.89. The van der Waals surface area contributed by atoms with E-state index >= 15 is 8.78 Å². The van der Waals surface area contributed by atoms with Crippen LogP contribution >= 0.6 is 18.7 Å². The van der Waals surface area contributed by atoms with Crippen molar-refractivity contribution in [2.75, 3.05) is 30.1 Å². The van der Waals surface area contributed by atoms with E-state index < -0.39 is 42.2 Å². The van der Waals surface area contributed by atoms with Crippen molar-refractivity contribution in [3.63, 3.8) is 0 Å². The number of nitrogens with zero attached hydrogens (tertiary/aromatic N) is 3. The Morgan fingerprint density at radius 3 is 2.43 bits per heavy atom. The molecule has 1 aromatic heterocycles. The number of nitrogens with one attached hydrogen (secondary N) is 2. The van der Waals surface area contributed by atoms with Gasteiger partial charge in [-0.15, -0.1) is 0 Å². The zero-order valence-corrected chi connectivity index (χ0v) is 22.2. The summed E-state index contributed by atoms with van der Waals surface area (Å²) in [6, 6.07) is 7.51. The highest BCUT2D eigenvalue weighted by Crippen LogP contribution is 2.41. The van der Waals surface area contributed by atoms with E-state index in [1.165, 1.54) is 24.5 Å². The number of halogens is 3. The van der Waals surface area contributed by atoms with Crippen molar-refractivity contribution in [2.24, 2.45) is 5.41 Å². The quantitative estimate of drug-likeness (QED) is 0.443. The molecule has 3 amide bonds. The van der Waals surface area contributed by atoms with Crippen LogP contribution in [0.15, 0.2) is 48.8 Å². The van der Waals surface area contributed by atoms with Gasteiger partial charge in [0.15, 0.2) is 17.5 Å². The first-order chi connectivity index (χ1) is 17.3. The molecule has 194 valence electrons. The maximum absolute atomic E-state index is 15.4.